The summed E-state index contributed by atoms with van der Waals surface area (Å²) < 4.78 is 0. The summed E-state index contributed by atoms with van der Waals surface area (Å²) in [4.78, 5) is 12.8. The van der Waals surface area contributed by atoms with Gasteiger partial charge in [-0.25, -0.2) is 9.97 Å². The van der Waals surface area contributed by atoms with Gasteiger partial charge in [0, 0.05) is 30.8 Å². The summed E-state index contributed by atoms with van der Waals surface area (Å²) in [6.45, 7) is 2.01. The normalized spacial score (nSPS) is 10.3. The van der Waals surface area contributed by atoms with Gasteiger partial charge in [-0.3, -0.25) is 4.98 Å². The van der Waals surface area contributed by atoms with E-state index in [1.54, 1.807) is 12.3 Å². The first-order valence-corrected chi connectivity index (χ1v) is 5.30. The Morgan fingerprint density at radius 1 is 1.19 bits per heavy atom. The maximum atomic E-state index is 5.72. The molecule has 0 aromatic carbocycles. The largest absolute Gasteiger partial charge is 0.384 e. The molecule has 2 heterocycles. The zero-order chi connectivity index (χ0) is 11.4. The molecule has 2 aromatic heterocycles. The molecule has 0 aliphatic rings. The van der Waals surface area contributed by atoms with Crippen molar-refractivity contribution in [2.75, 3.05) is 5.73 Å². The van der Waals surface area contributed by atoms with Gasteiger partial charge >= 0.3 is 0 Å². The van der Waals surface area contributed by atoms with Gasteiger partial charge in [-0.1, -0.05) is 13.0 Å². The number of nitrogen functional groups attached to an aromatic ring is 1. The van der Waals surface area contributed by atoms with E-state index in [-0.39, 0.29) is 0 Å². The van der Waals surface area contributed by atoms with E-state index in [4.69, 9.17) is 5.73 Å². The minimum absolute atomic E-state index is 0.526. The molecule has 0 fully saturated rings. The second kappa shape index (κ2) is 4.70. The SMILES string of the molecule is CCc1nc(N)cc(Cc2ccccn2)n1. The summed E-state index contributed by atoms with van der Waals surface area (Å²) in [7, 11) is 0. The third kappa shape index (κ3) is 2.53. The van der Waals surface area contributed by atoms with Gasteiger partial charge in [0.15, 0.2) is 0 Å². The molecule has 0 amide bonds. The average molecular weight is 214 g/mol. The molecule has 0 atom stereocenters. The molecule has 2 aromatic rings. The van der Waals surface area contributed by atoms with E-state index < -0.39 is 0 Å². The van der Waals surface area contributed by atoms with Gasteiger partial charge in [0.05, 0.1) is 5.69 Å². The summed E-state index contributed by atoms with van der Waals surface area (Å²) in [5, 5.41) is 0. The van der Waals surface area contributed by atoms with Gasteiger partial charge in [-0.15, -0.1) is 0 Å². The van der Waals surface area contributed by atoms with Gasteiger partial charge < -0.3 is 5.73 Å². The smallest absolute Gasteiger partial charge is 0.130 e. The highest BCUT2D eigenvalue weighted by Crippen LogP contribution is 2.08. The molecule has 0 spiro atoms. The fourth-order valence-electron chi connectivity index (χ4n) is 1.51. The van der Waals surface area contributed by atoms with Crippen LogP contribution in [0, 0.1) is 0 Å². The lowest BCUT2D eigenvalue weighted by atomic mass is 10.2. The highest BCUT2D eigenvalue weighted by Gasteiger charge is 2.03. The lowest BCUT2D eigenvalue weighted by Crippen LogP contribution is -2.03. The summed E-state index contributed by atoms with van der Waals surface area (Å²) in [6, 6.07) is 7.64. The van der Waals surface area contributed by atoms with E-state index in [0.717, 1.165) is 23.6 Å². The third-order valence-corrected chi connectivity index (χ3v) is 2.25. The van der Waals surface area contributed by atoms with Crippen molar-refractivity contribution in [3.63, 3.8) is 0 Å². The van der Waals surface area contributed by atoms with Crippen molar-refractivity contribution in [3.8, 4) is 0 Å². The number of anilines is 1. The first-order chi connectivity index (χ1) is 7.78. The maximum absolute atomic E-state index is 5.72. The van der Waals surface area contributed by atoms with Gasteiger partial charge in [0.2, 0.25) is 0 Å². The molecule has 2 rings (SSSR count). The Bertz CT molecular complexity index is 468. The Kier molecular flexibility index (Phi) is 3.10. The van der Waals surface area contributed by atoms with Crippen LogP contribution in [-0.4, -0.2) is 15.0 Å². The van der Waals surface area contributed by atoms with Crippen LogP contribution < -0.4 is 5.73 Å². The summed E-state index contributed by atoms with van der Waals surface area (Å²) in [5.74, 6) is 1.31. The molecule has 0 radical (unpaired) electrons. The van der Waals surface area contributed by atoms with E-state index in [0.29, 0.717) is 12.2 Å². The van der Waals surface area contributed by atoms with Gasteiger partial charge in [-0.05, 0) is 12.1 Å². The van der Waals surface area contributed by atoms with Crippen LogP contribution in [0.2, 0.25) is 0 Å². The van der Waals surface area contributed by atoms with Crippen molar-refractivity contribution in [2.24, 2.45) is 0 Å². The van der Waals surface area contributed by atoms with Crippen molar-refractivity contribution in [1.29, 1.82) is 0 Å². The average Bonchev–Trinajstić information content (AvgIpc) is 2.29. The fourth-order valence-corrected chi connectivity index (χ4v) is 1.51. The fraction of sp³-hybridized carbons (Fsp3) is 0.250. The highest BCUT2D eigenvalue weighted by molar-refractivity contribution is 5.31. The monoisotopic (exact) mass is 214 g/mol. The van der Waals surface area contributed by atoms with E-state index in [1.807, 2.05) is 25.1 Å². The lowest BCUT2D eigenvalue weighted by Gasteiger charge is -2.03. The molecule has 0 aliphatic heterocycles. The van der Waals surface area contributed by atoms with Crippen LogP contribution in [0.25, 0.3) is 0 Å². The number of nitrogens with two attached hydrogens (primary N) is 1. The molecule has 4 nitrogen and oxygen atoms in total. The molecule has 16 heavy (non-hydrogen) atoms. The topological polar surface area (TPSA) is 64.7 Å². The van der Waals surface area contributed by atoms with Crippen LogP contribution in [0.3, 0.4) is 0 Å². The maximum Gasteiger partial charge on any atom is 0.130 e. The number of hydrogen-bond donors (Lipinski definition) is 1. The Morgan fingerprint density at radius 3 is 2.75 bits per heavy atom. The molecule has 0 saturated carbocycles. The van der Waals surface area contributed by atoms with Crippen LogP contribution in [-0.2, 0) is 12.8 Å². The number of rotatable bonds is 3. The highest BCUT2D eigenvalue weighted by atomic mass is 14.9. The Morgan fingerprint density at radius 2 is 2.06 bits per heavy atom. The van der Waals surface area contributed by atoms with Crippen LogP contribution >= 0.6 is 0 Å². The van der Waals surface area contributed by atoms with Crippen molar-refractivity contribution >= 4 is 5.82 Å². The van der Waals surface area contributed by atoms with Crippen molar-refractivity contribution in [1.82, 2.24) is 15.0 Å². The second-order valence-electron chi connectivity index (χ2n) is 3.55. The Labute approximate surface area is 94.6 Å². The standard InChI is InChI=1S/C12H14N4/c1-2-12-15-10(8-11(13)16-12)7-9-5-3-4-6-14-9/h3-6,8H,2,7H2,1H3,(H2,13,15,16). The minimum atomic E-state index is 0.526. The molecule has 0 bridgehead atoms. The van der Waals surface area contributed by atoms with Crippen molar-refractivity contribution in [2.45, 2.75) is 19.8 Å². The van der Waals surface area contributed by atoms with E-state index in [9.17, 15) is 0 Å². The van der Waals surface area contributed by atoms with Crippen LogP contribution in [0.4, 0.5) is 5.82 Å². The molecule has 0 aliphatic carbocycles. The minimum Gasteiger partial charge on any atom is -0.384 e. The molecule has 0 saturated heterocycles. The summed E-state index contributed by atoms with van der Waals surface area (Å²) in [6.07, 6.45) is 3.27. The molecule has 2 N–H and O–H groups in total. The molecular weight excluding hydrogens is 200 g/mol. The summed E-state index contributed by atoms with van der Waals surface area (Å²) in [5.41, 5.74) is 7.63. The first kappa shape index (κ1) is 10.5. The van der Waals surface area contributed by atoms with E-state index in [1.165, 1.54) is 0 Å². The predicted molar refractivity (Wildman–Crippen MR) is 62.9 cm³/mol. The molecular formula is C12H14N4. The zero-order valence-electron chi connectivity index (χ0n) is 9.22. The number of aryl methyl sites for hydroxylation is 1. The number of pyridine rings is 1. The van der Waals surface area contributed by atoms with Crippen LogP contribution in [0.1, 0.15) is 24.1 Å². The first-order valence-electron chi connectivity index (χ1n) is 5.30. The van der Waals surface area contributed by atoms with Crippen molar-refractivity contribution in [3.05, 3.63) is 47.7 Å². The van der Waals surface area contributed by atoms with Gasteiger partial charge in [0.1, 0.15) is 11.6 Å². The molecule has 0 unspecified atom stereocenters. The van der Waals surface area contributed by atoms with Crippen LogP contribution in [0.5, 0.6) is 0 Å². The molecule has 82 valence electrons. The molecule has 4 heteroatoms. The Balaban J connectivity index is 2.24. The number of aromatic nitrogens is 3. The van der Waals surface area contributed by atoms with E-state index in [2.05, 4.69) is 15.0 Å². The lowest BCUT2D eigenvalue weighted by molar-refractivity contribution is 0.893. The number of nitrogens with zero attached hydrogens (tertiary/aromatic N) is 3. The summed E-state index contributed by atoms with van der Waals surface area (Å²) >= 11 is 0. The Hall–Kier alpha value is -1.97. The van der Waals surface area contributed by atoms with Gasteiger partial charge in [-0.2, -0.15) is 0 Å². The second-order valence-corrected chi connectivity index (χ2v) is 3.55. The van der Waals surface area contributed by atoms with Crippen LogP contribution in [0.15, 0.2) is 30.5 Å². The van der Waals surface area contributed by atoms with Crippen molar-refractivity contribution < 1.29 is 0 Å². The van der Waals surface area contributed by atoms with E-state index >= 15 is 0 Å². The van der Waals surface area contributed by atoms with Gasteiger partial charge in [0.25, 0.3) is 0 Å². The zero-order valence-corrected chi connectivity index (χ0v) is 9.22. The third-order valence-electron chi connectivity index (χ3n) is 2.25. The number of hydrogen-bond acceptors (Lipinski definition) is 4. The predicted octanol–water partition coefficient (Wildman–Crippen LogP) is 1.61. The quantitative estimate of drug-likeness (QED) is 0.843.